The van der Waals surface area contributed by atoms with E-state index in [1.807, 2.05) is 25.1 Å². The number of hydrogen-bond donors (Lipinski definition) is 1. The van der Waals surface area contributed by atoms with Crippen LogP contribution in [-0.2, 0) is 16.4 Å². The van der Waals surface area contributed by atoms with Crippen LogP contribution >= 0.6 is 0 Å². The van der Waals surface area contributed by atoms with Crippen molar-refractivity contribution < 1.29 is 13.2 Å². The molecule has 0 radical (unpaired) electrons. The molecule has 0 saturated heterocycles. The summed E-state index contributed by atoms with van der Waals surface area (Å²) < 4.78 is 28.7. The molecule has 0 spiro atoms. The van der Waals surface area contributed by atoms with E-state index in [1.165, 1.54) is 0 Å². The molecular weight excluding hydrogens is 262 g/mol. The van der Waals surface area contributed by atoms with E-state index in [2.05, 4.69) is 0 Å². The fraction of sp³-hybridized carbons (Fsp3) is 0.571. The molecule has 1 aromatic rings. The van der Waals surface area contributed by atoms with Gasteiger partial charge in [0.1, 0.15) is 12.4 Å². The van der Waals surface area contributed by atoms with E-state index < -0.39 is 14.6 Å². The molecule has 4 nitrogen and oxygen atoms in total. The van der Waals surface area contributed by atoms with Gasteiger partial charge in [-0.2, -0.15) is 0 Å². The molecule has 0 aliphatic carbocycles. The highest BCUT2D eigenvalue weighted by Crippen LogP contribution is 2.20. The van der Waals surface area contributed by atoms with Crippen LogP contribution in [0.5, 0.6) is 5.75 Å². The zero-order valence-electron chi connectivity index (χ0n) is 12.1. The Kier molecular flexibility index (Phi) is 4.98. The molecule has 0 atom stereocenters. The van der Waals surface area contributed by atoms with Crippen molar-refractivity contribution in [1.29, 1.82) is 0 Å². The molecule has 5 heteroatoms. The summed E-state index contributed by atoms with van der Waals surface area (Å²) in [6.07, 6.45) is 0. The second kappa shape index (κ2) is 5.92. The molecule has 2 N–H and O–H groups in total. The molecular formula is C14H23NO3S. The summed E-state index contributed by atoms with van der Waals surface area (Å²) in [6, 6.07) is 5.71. The lowest BCUT2D eigenvalue weighted by atomic mass is 10.1. The minimum Gasteiger partial charge on any atom is -0.492 e. The molecule has 0 unspecified atom stereocenters. The van der Waals surface area contributed by atoms with Crippen LogP contribution in [0, 0.1) is 6.92 Å². The maximum absolute atomic E-state index is 11.9. The summed E-state index contributed by atoms with van der Waals surface area (Å²) in [4.78, 5) is 0. The summed E-state index contributed by atoms with van der Waals surface area (Å²) in [6.45, 7) is 7.59. The average Bonchev–Trinajstić information content (AvgIpc) is 2.29. The average molecular weight is 285 g/mol. The number of rotatable bonds is 5. The maximum Gasteiger partial charge on any atom is 0.158 e. The van der Waals surface area contributed by atoms with Gasteiger partial charge in [0, 0.05) is 12.1 Å². The molecule has 0 aliphatic rings. The van der Waals surface area contributed by atoms with Crippen LogP contribution in [0.15, 0.2) is 18.2 Å². The van der Waals surface area contributed by atoms with Crippen LogP contribution in [0.4, 0.5) is 0 Å². The van der Waals surface area contributed by atoms with Crippen LogP contribution in [0.1, 0.15) is 31.9 Å². The van der Waals surface area contributed by atoms with E-state index in [4.69, 9.17) is 10.5 Å². The fourth-order valence-corrected chi connectivity index (χ4v) is 2.49. The fourth-order valence-electron chi connectivity index (χ4n) is 1.58. The minimum absolute atomic E-state index is 0.00832. The zero-order valence-corrected chi connectivity index (χ0v) is 12.9. The first-order valence-electron chi connectivity index (χ1n) is 6.32. The molecule has 0 amide bonds. The van der Waals surface area contributed by atoms with Gasteiger partial charge < -0.3 is 10.5 Å². The Morgan fingerprint density at radius 1 is 1.26 bits per heavy atom. The molecule has 1 rings (SSSR count). The van der Waals surface area contributed by atoms with Gasteiger partial charge in [0.15, 0.2) is 9.84 Å². The van der Waals surface area contributed by atoms with Gasteiger partial charge in [-0.3, -0.25) is 0 Å². The Hall–Kier alpha value is -1.07. The monoisotopic (exact) mass is 285 g/mol. The predicted octanol–water partition coefficient (Wildman–Crippen LogP) is 2.05. The number of nitrogens with two attached hydrogens (primary N) is 1. The third-order valence-electron chi connectivity index (χ3n) is 2.98. The normalized spacial score (nSPS) is 12.5. The Balaban J connectivity index is 2.69. The number of aryl methyl sites for hydroxylation is 1. The highest BCUT2D eigenvalue weighted by molar-refractivity contribution is 7.92. The summed E-state index contributed by atoms with van der Waals surface area (Å²) in [5, 5.41) is 0. The van der Waals surface area contributed by atoms with Crippen LogP contribution in [0.25, 0.3) is 0 Å². The number of sulfone groups is 1. The molecule has 0 aliphatic heterocycles. The van der Waals surface area contributed by atoms with Gasteiger partial charge in [0.2, 0.25) is 0 Å². The van der Waals surface area contributed by atoms with E-state index in [-0.39, 0.29) is 12.4 Å². The lowest BCUT2D eigenvalue weighted by Crippen LogP contribution is -2.32. The van der Waals surface area contributed by atoms with Crippen LogP contribution < -0.4 is 10.5 Å². The first kappa shape index (κ1) is 16.0. The maximum atomic E-state index is 11.9. The summed E-state index contributed by atoms with van der Waals surface area (Å²) in [5.74, 6) is 0.672. The second-order valence-corrected chi connectivity index (χ2v) is 8.46. The highest BCUT2D eigenvalue weighted by atomic mass is 32.2. The van der Waals surface area contributed by atoms with Crippen molar-refractivity contribution in [1.82, 2.24) is 0 Å². The second-order valence-electron chi connectivity index (χ2n) is 5.60. The van der Waals surface area contributed by atoms with E-state index in [0.717, 1.165) is 11.1 Å². The quantitative estimate of drug-likeness (QED) is 0.899. The van der Waals surface area contributed by atoms with Gasteiger partial charge >= 0.3 is 0 Å². The first-order valence-corrected chi connectivity index (χ1v) is 7.97. The van der Waals surface area contributed by atoms with Gasteiger partial charge in [-0.05, 0) is 33.8 Å². The van der Waals surface area contributed by atoms with Crippen molar-refractivity contribution in [2.24, 2.45) is 5.73 Å². The topological polar surface area (TPSA) is 69.4 Å². The molecule has 1 aromatic carbocycles. The van der Waals surface area contributed by atoms with Gasteiger partial charge in [0.25, 0.3) is 0 Å². The third-order valence-corrected chi connectivity index (χ3v) is 5.55. The van der Waals surface area contributed by atoms with E-state index in [9.17, 15) is 8.42 Å². The Labute approximate surface area is 115 Å². The SMILES string of the molecule is Cc1ccc(OCCS(=O)(=O)C(C)(C)C)c(CN)c1. The lowest BCUT2D eigenvalue weighted by Gasteiger charge is -2.19. The minimum atomic E-state index is -3.15. The van der Waals surface area contributed by atoms with Crippen molar-refractivity contribution in [2.75, 3.05) is 12.4 Å². The summed E-state index contributed by atoms with van der Waals surface area (Å²) >= 11 is 0. The Morgan fingerprint density at radius 3 is 2.42 bits per heavy atom. The first-order chi connectivity index (χ1) is 8.67. The number of ether oxygens (including phenoxy) is 1. The van der Waals surface area contributed by atoms with Crippen LogP contribution in [0.3, 0.4) is 0 Å². The standard InChI is InChI=1S/C14H23NO3S/c1-11-5-6-13(12(9-11)10-15)18-7-8-19(16,17)14(2,3)4/h5-6,9H,7-8,10,15H2,1-4H3. The molecule has 0 aromatic heterocycles. The van der Waals surface area contributed by atoms with Crippen LogP contribution in [-0.4, -0.2) is 25.5 Å². The van der Waals surface area contributed by atoms with Gasteiger partial charge in [-0.25, -0.2) is 8.42 Å². The molecule has 19 heavy (non-hydrogen) atoms. The van der Waals surface area contributed by atoms with E-state index >= 15 is 0 Å². The lowest BCUT2D eigenvalue weighted by molar-refractivity contribution is 0.336. The largest absolute Gasteiger partial charge is 0.492 e. The molecule has 108 valence electrons. The summed E-state index contributed by atoms with van der Waals surface area (Å²) in [5.41, 5.74) is 7.65. The number of hydrogen-bond acceptors (Lipinski definition) is 4. The van der Waals surface area contributed by atoms with Gasteiger partial charge in [-0.1, -0.05) is 17.7 Å². The molecule has 0 heterocycles. The molecule has 0 saturated carbocycles. The smallest absolute Gasteiger partial charge is 0.158 e. The van der Waals surface area contributed by atoms with E-state index in [1.54, 1.807) is 20.8 Å². The third kappa shape index (κ3) is 4.21. The summed E-state index contributed by atoms with van der Waals surface area (Å²) in [7, 11) is -3.15. The van der Waals surface area contributed by atoms with Gasteiger partial charge in [-0.15, -0.1) is 0 Å². The Morgan fingerprint density at radius 2 is 1.89 bits per heavy atom. The van der Waals surface area contributed by atoms with Crippen molar-refractivity contribution in [3.63, 3.8) is 0 Å². The number of benzene rings is 1. The van der Waals surface area contributed by atoms with Crippen molar-refractivity contribution in [3.8, 4) is 5.75 Å². The Bertz CT molecular complexity index is 530. The molecule has 0 fully saturated rings. The highest BCUT2D eigenvalue weighted by Gasteiger charge is 2.28. The zero-order chi connectivity index (χ0) is 14.7. The van der Waals surface area contributed by atoms with Crippen molar-refractivity contribution >= 4 is 9.84 Å². The van der Waals surface area contributed by atoms with Crippen LogP contribution in [0.2, 0.25) is 0 Å². The van der Waals surface area contributed by atoms with Gasteiger partial charge in [0.05, 0.1) is 10.5 Å². The molecule has 0 bridgehead atoms. The predicted molar refractivity (Wildman–Crippen MR) is 78.1 cm³/mol. The van der Waals surface area contributed by atoms with Crippen molar-refractivity contribution in [3.05, 3.63) is 29.3 Å². The van der Waals surface area contributed by atoms with E-state index in [0.29, 0.717) is 12.3 Å². The van der Waals surface area contributed by atoms with Crippen molar-refractivity contribution in [2.45, 2.75) is 39.0 Å².